The minimum Gasteiger partial charge on any atom is -0.317 e. The molecule has 0 heterocycles. The Morgan fingerprint density at radius 3 is 1.11 bits per heavy atom. The largest absolute Gasteiger partial charge is 0.317 e. The van der Waals surface area contributed by atoms with Gasteiger partial charge in [-0.1, -0.05) is 109 Å². The number of benzene rings is 4. The van der Waals surface area contributed by atoms with Crippen molar-refractivity contribution in [1.29, 1.82) is 0 Å². The molecule has 4 aromatic rings. The second-order valence-corrected chi connectivity index (χ2v) is 8.86. The van der Waals surface area contributed by atoms with Crippen LogP contribution in [0.1, 0.15) is 22.3 Å². The van der Waals surface area contributed by atoms with Gasteiger partial charge in [0.2, 0.25) is 0 Å². The van der Waals surface area contributed by atoms with Gasteiger partial charge < -0.3 is 4.57 Å². The summed E-state index contributed by atoms with van der Waals surface area (Å²) in [5.74, 6) is 0. The van der Waals surface area contributed by atoms with E-state index in [2.05, 4.69) is 72.8 Å². The zero-order chi connectivity index (χ0) is 19.2. The first-order valence-corrected chi connectivity index (χ1v) is 11.0. The molecule has 138 valence electrons. The van der Waals surface area contributed by atoms with E-state index in [1.165, 1.54) is 22.3 Å². The molecule has 0 amide bonds. The van der Waals surface area contributed by atoms with E-state index in [-0.39, 0.29) is 0 Å². The Kier molecular flexibility index (Phi) is 5.85. The predicted octanol–water partition coefficient (Wildman–Crippen LogP) is 5.38. The van der Waals surface area contributed by atoms with Crippen molar-refractivity contribution in [3.63, 3.8) is 0 Å². The summed E-state index contributed by atoms with van der Waals surface area (Å²) in [6.07, 6.45) is 1.80. The average molecular weight is 382 g/mol. The third kappa shape index (κ3) is 4.68. The molecule has 0 saturated heterocycles. The fourth-order valence-corrected chi connectivity index (χ4v) is 4.65. The summed E-state index contributed by atoms with van der Waals surface area (Å²) in [5.41, 5.74) is 5.06. The van der Waals surface area contributed by atoms with Crippen molar-refractivity contribution in [3.8, 4) is 0 Å². The van der Waals surface area contributed by atoms with Gasteiger partial charge in [-0.3, -0.25) is 0 Å². The summed E-state index contributed by atoms with van der Waals surface area (Å²) in [5, 5.41) is 1.83. The Labute approximate surface area is 167 Å². The van der Waals surface area contributed by atoms with Gasteiger partial charge in [0.15, 0.2) is 0 Å². The maximum absolute atomic E-state index is 13.0. The Morgan fingerprint density at radius 2 is 0.750 bits per heavy atom. The molecule has 0 bridgehead atoms. The third-order valence-electron chi connectivity index (χ3n) is 4.93. The summed E-state index contributed by atoms with van der Waals surface area (Å²) in [6, 6.07) is 37.2. The van der Waals surface area contributed by atoms with Crippen LogP contribution >= 0.6 is 7.80 Å². The molecule has 28 heavy (non-hydrogen) atoms. The minimum atomic E-state index is -1.97. The SMILES string of the molecule is O=[PH](c1ccc(Cc2ccccc2)cc1)c1ccc(Cc2ccccc2)cc1. The maximum atomic E-state index is 13.0. The van der Waals surface area contributed by atoms with Crippen molar-refractivity contribution < 1.29 is 4.57 Å². The highest BCUT2D eigenvalue weighted by atomic mass is 31.1. The fourth-order valence-electron chi connectivity index (χ4n) is 3.38. The molecular weight excluding hydrogens is 359 g/mol. The molecule has 0 spiro atoms. The predicted molar refractivity (Wildman–Crippen MR) is 120 cm³/mol. The van der Waals surface area contributed by atoms with Crippen LogP contribution in [-0.2, 0) is 17.4 Å². The molecule has 2 heteroatoms. The average Bonchev–Trinajstić information content (AvgIpc) is 2.76. The van der Waals surface area contributed by atoms with Crippen LogP contribution in [-0.4, -0.2) is 0 Å². The van der Waals surface area contributed by atoms with Crippen LogP contribution in [0.3, 0.4) is 0 Å². The second kappa shape index (κ2) is 8.87. The Bertz CT molecular complexity index is 950. The highest BCUT2D eigenvalue weighted by Gasteiger charge is 2.07. The van der Waals surface area contributed by atoms with E-state index in [0.717, 1.165) is 23.5 Å². The molecule has 0 aliphatic carbocycles. The molecule has 0 fully saturated rings. The highest BCUT2D eigenvalue weighted by molar-refractivity contribution is 7.61. The minimum absolute atomic E-state index is 0.899. The van der Waals surface area contributed by atoms with Gasteiger partial charge in [-0.15, -0.1) is 0 Å². The number of rotatable bonds is 6. The van der Waals surface area contributed by atoms with E-state index in [4.69, 9.17) is 0 Å². The van der Waals surface area contributed by atoms with Gasteiger partial charge in [0.1, 0.15) is 7.80 Å². The standard InChI is InChI=1S/C26H23OP/c27-28(25-15-11-23(12-16-25)19-21-7-3-1-4-8-21)26-17-13-24(14-18-26)20-22-9-5-2-6-10-22/h1-18,28H,19-20H2. The van der Waals surface area contributed by atoms with Crippen LogP contribution in [0.4, 0.5) is 0 Å². The highest BCUT2D eigenvalue weighted by Crippen LogP contribution is 2.21. The van der Waals surface area contributed by atoms with Crippen molar-refractivity contribution in [2.75, 3.05) is 0 Å². The molecule has 0 aliphatic rings. The van der Waals surface area contributed by atoms with Gasteiger partial charge >= 0.3 is 0 Å². The van der Waals surface area contributed by atoms with Gasteiger partial charge in [0.25, 0.3) is 0 Å². The van der Waals surface area contributed by atoms with Crippen LogP contribution < -0.4 is 10.6 Å². The van der Waals surface area contributed by atoms with Crippen LogP contribution in [0.2, 0.25) is 0 Å². The summed E-state index contributed by atoms with van der Waals surface area (Å²) in [6.45, 7) is 0. The topological polar surface area (TPSA) is 17.1 Å². The molecule has 4 aromatic carbocycles. The lowest BCUT2D eigenvalue weighted by molar-refractivity contribution is 0.598. The zero-order valence-electron chi connectivity index (χ0n) is 15.7. The summed E-state index contributed by atoms with van der Waals surface area (Å²) >= 11 is 0. The first kappa shape index (κ1) is 18.5. The quantitative estimate of drug-likeness (QED) is 0.409. The molecule has 4 rings (SSSR count). The van der Waals surface area contributed by atoms with Gasteiger partial charge in [0.05, 0.1) is 0 Å². The van der Waals surface area contributed by atoms with Crippen molar-refractivity contribution >= 4 is 18.4 Å². The molecule has 0 aliphatic heterocycles. The molecule has 0 atom stereocenters. The van der Waals surface area contributed by atoms with Crippen LogP contribution in [0.15, 0.2) is 109 Å². The van der Waals surface area contributed by atoms with Crippen molar-refractivity contribution in [2.24, 2.45) is 0 Å². The molecule has 0 aromatic heterocycles. The van der Waals surface area contributed by atoms with E-state index in [1.54, 1.807) is 0 Å². The fraction of sp³-hybridized carbons (Fsp3) is 0.0769. The molecular formula is C26H23OP. The summed E-state index contributed by atoms with van der Waals surface area (Å²) < 4.78 is 13.0. The second-order valence-electron chi connectivity index (χ2n) is 7.05. The number of hydrogen-bond acceptors (Lipinski definition) is 1. The van der Waals surface area contributed by atoms with E-state index in [0.29, 0.717) is 0 Å². The summed E-state index contributed by atoms with van der Waals surface area (Å²) in [7, 11) is -1.97. The van der Waals surface area contributed by atoms with E-state index in [9.17, 15) is 4.57 Å². The van der Waals surface area contributed by atoms with Crippen molar-refractivity contribution in [1.82, 2.24) is 0 Å². The van der Waals surface area contributed by atoms with E-state index in [1.807, 2.05) is 36.4 Å². The first-order chi connectivity index (χ1) is 13.8. The monoisotopic (exact) mass is 382 g/mol. The van der Waals surface area contributed by atoms with Crippen molar-refractivity contribution in [3.05, 3.63) is 131 Å². The normalized spacial score (nSPS) is 10.9. The molecule has 0 saturated carbocycles. The zero-order valence-corrected chi connectivity index (χ0v) is 16.7. The van der Waals surface area contributed by atoms with Gasteiger partial charge in [-0.25, -0.2) is 0 Å². The Morgan fingerprint density at radius 1 is 0.429 bits per heavy atom. The lowest BCUT2D eigenvalue weighted by atomic mass is 10.1. The van der Waals surface area contributed by atoms with Crippen LogP contribution in [0, 0.1) is 0 Å². The van der Waals surface area contributed by atoms with E-state index >= 15 is 0 Å². The lowest BCUT2D eigenvalue weighted by Crippen LogP contribution is -2.07. The first-order valence-electron chi connectivity index (χ1n) is 9.58. The molecule has 0 unspecified atom stereocenters. The third-order valence-corrected chi connectivity index (χ3v) is 6.65. The lowest BCUT2D eigenvalue weighted by Gasteiger charge is -2.07. The molecule has 1 nitrogen and oxygen atoms in total. The Balaban J connectivity index is 1.44. The number of hydrogen-bond donors (Lipinski definition) is 0. The molecule has 0 N–H and O–H groups in total. The van der Waals surface area contributed by atoms with Gasteiger partial charge in [0, 0.05) is 10.6 Å². The van der Waals surface area contributed by atoms with Gasteiger partial charge in [-0.2, -0.15) is 0 Å². The van der Waals surface area contributed by atoms with Crippen molar-refractivity contribution in [2.45, 2.75) is 12.8 Å². The summed E-state index contributed by atoms with van der Waals surface area (Å²) in [4.78, 5) is 0. The van der Waals surface area contributed by atoms with Crippen LogP contribution in [0.25, 0.3) is 0 Å². The Hall–Kier alpha value is -2.89. The maximum Gasteiger partial charge on any atom is 0.131 e. The van der Waals surface area contributed by atoms with E-state index < -0.39 is 7.80 Å². The molecule has 0 radical (unpaired) electrons. The van der Waals surface area contributed by atoms with Gasteiger partial charge in [-0.05, 0) is 35.1 Å². The van der Waals surface area contributed by atoms with Crippen LogP contribution in [0.5, 0.6) is 0 Å². The smallest absolute Gasteiger partial charge is 0.131 e.